The van der Waals surface area contributed by atoms with Crippen LogP contribution in [0, 0.1) is 5.92 Å². The van der Waals surface area contributed by atoms with E-state index in [2.05, 4.69) is 4.74 Å². The summed E-state index contributed by atoms with van der Waals surface area (Å²) in [7, 11) is 1.34. The van der Waals surface area contributed by atoms with Gasteiger partial charge in [-0.15, -0.1) is 0 Å². The molecule has 0 bridgehead atoms. The molecule has 17 heavy (non-hydrogen) atoms. The molecule has 0 spiro atoms. The Morgan fingerprint density at radius 2 is 1.94 bits per heavy atom. The number of benzene rings is 1. The van der Waals surface area contributed by atoms with Crippen LogP contribution in [-0.2, 0) is 16.0 Å². The van der Waals surface area contributed by atoms with Gasteiger partial charge in [-0.1, -0.05) is 38.1 Å². The number of Topliss-reactive ketones (excluding diaryl/α,β-unsaturated/α-hetero) is 1. The summed E-state index contributed by atoms with van der Waals surface area (Å²) in [5.41, 5.74) is 1.74. The van der Waals surface area contributed by atoms with Crippen LogP contribution in [0.5, 0.6) is 0 Å². The second-order valence-electron chi connectivity index (χ2n) is 4.06. The summed E-state index contributed by atoms with van der Waals surface area (Å²) < 4.78 is 4.61. The van der Waals surface area contributed by atoms with E-state index in [1.165, 1.54) is 7.11 Å². The van der Waals surface area contributed by atoms with Gasteiger partial charge in [0.2, 0.25) is 0 Å². The average molecular weight is 234 g/mol. The molecule has 0 fully saturated rings. The Hall–Kier alpha value is -1.64. The number of rotatable bonds is 5. The Labute approximate surface area is 102 Å². The number of carbonyl (C=O) groups excluding carboxylic acids is 2. The summed E-state index contributed by atoms with van der Waals surface area (Å²) in [5, 5.41) is 0. The van der Waals surface area contributed by atoms with Gasteiger partial charge in [0.15, 0.2) is 5.78 Å². The molecular weight excluding hydrogens is 216 g/mol. The quantitative estimate of drug-likeness (QED) is 0.581. The van der Waals surface area contributed by atoms with Crippen molar-refractivity contribution in [1.82, 2.24) is 0 Å². The molecule has 0 N–H and O–H groups in total. The molecule has 3 nitrogen and oxygen atoms in total. The van der Waals surface area contributed by atoms with E-state index in [9.17, 15) is 9.59 Å². The fourth-order valence-electron chi connectivity index (χ4n) is 1.77. The molecule has 0 amide bonds. The summed E-state index contributed by atoms with van der Waals surface area (Å²) in [5.74, 6) is -0.731. The third-order valence-corrected chi connectivity index (χ3v) is 2.79. The minimum Gasteiger partial charge on any atom is -0.469 e. The summed E-state index contributed by atoms with van der Waals surface area (Å²) in [6.07, 6.45) is 1.01. The average Bonchev–Trinajstić information content (AvgIpc) is 2.37. The van der Waals surface area contributed by atoms with E-state index in [1.54, 1.807) is 6.92 Å². The number of hydrogen-bond donors (Lipinski definition) is 0. The fourth-order valence-corrected chi connectivity index (χ4v) is 1.77. The van der Waals surface area contributed by atoms with Gasteiger partial charge < -0.3 is 4.74 Å². The molecule has 1 aromatic rings. The van der Waals surface area contributed by atoms with Crippen LogP contribution in [0.3, 0.4) is 0 Å². The van der Waals surface area contributed by atoms with E-state index in [-0.39, 0.29) is 18.2 Å². The van der Waals surface area contributed by atoms with Crippen molar-refractivity contribution in [2.75, 3.05) is 7.11 Å². The first-order valence-corrected chi connectivity index (χ1v) is 5.79. The van der Waals surface area contributed by atoms with Crippen molar-refractivity contribution in [1.29, 1.82) is 0 Å². The Morgan fingerprint density at radius 3 is 2.53 bits per heavy atom. The molecule has 0 aliphatic carbocycles. The lowest BCUT2D eigenvalue weighted by molar-refractivity contribution is -0.144. The summed E-state index contributed by atoms with van der Waals surface area (Å²) in [6, 6.07) is 7.51. The van der Waals surface area contributed by atoms with Gasteiger partial charge in [-0.3, -0.25) is 9.59 Å². The molecule has 0 saturated carbocycles. The predicted molar refractivity (Wildman–Crippen MR) is 65.9 cm³/mol. The molecule has 1 aromatic carbocycles. The number of aryl methyl sites for hydroxylation is 1. The monoisotopic (exact) mass is 234 g/mol. The molecule has 92 valence electrons. The van der Waals surface area contributed by atoms with Gasteiger partial charge in [0.1, 0.15) is 0 Å². The maximum Gasteiger partial charge on any atom is 0.308 e. The normalized spacial score (nSPS) is 11.9. The Bertz CT molecular complexity index is 410. The second-order valence-corrected chi connectivity index (χ2v) is 4.06. The van der Waals surface area contributed by atoms with Gasteiger partial charge in [-0.2, -0.15) is 0 Å². The molecule has 1 rings (SSSR count). The van der Waals surface area contributed by atoms with Crippen LogP contribution in [0.25, 0.3) is 0 Å². The third-order valence-electron chi connectivity index (χ3n) is 2.79. The predicted octanol–water partition coefficient (Wildman–Crippen LogP) is 2.63. The Balaban J connectivity index is 2.79. The zero-order valence-corrected chi connectivity index (χ0v) is 10.5. The molecule has 0 aliphatic rings. The van der Waals surface area contributed by atoms with Crippen LogP contribution in [0.2, 0.25) is 0 Å². The second kappa shape index (κ2) is 6.18. The molecule has 1 unspecified atom stereocenters. The number of hydrogen-bond acceptors (Lipinski definition) is 3. The van der Waals surface area contributed by atoms with Gasteiger partial charge in [-0.25, -0.2) is 0 Å². The van der Waals surface area contributed by atoms with E-state index >= 15 is 0 Å². The van der Waals surface area contributed by atoms with E-state index < -0.39 is 5.92 Å². The van der Waals surface area contributed by atoms with Crippen molar-refractivity contribution < 1.29 is 14.3 Å². The van der Waals surface area contributed by atoms with Crippen molar-refractivity contribution in [3.8, 4) is 0 Å². The topological polar surface area (TPSA) is 43.4 Å². The van der Waals surface area contributed by atoms with Crippen LogP contribution in [-0.4, -0.2) is 18.9 Å². The fraction of sp³-hybridized carbons (Fsp3) is 0.429. The number of carbonyl (C=O) groups is 2. The molecule has 0 aromatic heterocycles. The van der Waals surface area contributed by atoms with Crippen LogP contribution in [0.4, 0.5) is 0 Å². The van der Waals surface area contributed by atoms with E-state index in [1.807, 2.05) is 31.2 Å². The first kappa shape index (κ1) is 13.4. The highest BCUT2D eigenvalue weighted by Crippen LogP contribution is 2.15. The number of ketones is 1. The maximum atomic E-state index is 12.0. The standard InChI is InChI=1S/C14H18O3/c1-4-11-7-5-6-8-12(11)13(15)9-10(2)14(16)17-3/h5-8,10H,4,9H2,1-3H3. The lowest BCUT2D eigenvalue weighted by Gasteiger charge is -2.10. The maximum absolute atomic E-state index is 12.0. The van der Waals surface area contributed by atoms with E-state index in [0.29, 0.717) is 5.56 Å². The number of esters is 1. The van der Waals surface area contributed by atoms with Gasteiger partial charge in [0.25, 0.3) is 0 Å². The van der Waals surface area contributed by atoms with Crippen LogP contribution >= 0.6 is 0 Å². The van der Waals surface area contributed by atoms with E-state index in [0.717, 1.165) is 12.0 Å². The van der Waals surface area contributed by atoms with Gasteiger partial charge in [0, 0.05) is 12.0 Å². The van der Waals surface area contributed by atoms with Gasteiger partial charge in [0.05, 0.1) is 13.0 Å². The number of ether oxygens (including phenoxy) is 1. The molecule has 1 atom stereocenters. The summed E-state index contributed by atoms with van der Waals surface area (Å²) >= 11 is 0. The van der Waals surface area contributed by atoms with Crippen molar-refractivity contribution >= 4 is 11.8 Å². The van der Waals surface area contributed by atoms with Gasteiger partial charge in [-0.05, 0) is 12.0 Å². The van der Waals surface area contributed by atoms with Crippen molar-refractivity contribution in [2.45, 2.75) is 26.7 Å². The minimum atomic E-state index is -0.391. The van der Waals surface area contributed by atoms with Gasteiger partial charge >= 0.3 is 5.97 Å². The zero-order valence-electron chi connectivity index (χ0n) is 10.5. The van der Waals surface area contributed by atoms with Crippen molar-refractivity contribution in [3.05, 3.63) is 35.4 Å². The van der Waals surface area contributed by atoms with Crippen molar-refractivity contribution in [2.24, 2.45) is 5.92 Å². The molecule has 3 heteroatoms. The first-order chi connectivity index (χ1) is 8.10. The lowest BCUT2D eigenvalue weighted by atomic mass is 9.95. The SMILES string of the molecule is CCc1ccccc1C(=O)CC(C)C(=O)OC. The lowest BCUT2D eigenvalue weighted by Crippen LogP contribution is -2.17. The Morgan fingerprint density at radius 1 is 1.29 bits per heavy atom. The zero-order chi connectivity index (χ0) is 12.8. The third kappa shape index (κ3) is 3.41. The van der Waals surface area contributed by atoms with Crippen molar-refractivity contribution in [3.63, 3.8) is 0 Å². The highest BCUT2D eigenvalue weighted by molar-refractivity contribution is 5.99. The largest absolute Gasteiger partial charge is 0.469 e. The summed E-state index contributed by atoms with van der Waals surface area (Å²) in [6.45, 7) is 3.72. The summed E-state index contributed by atoms with van der Waals surface area (Å²) in [4.78, 5) is 23.3. The van der Waals surface area contributed by atoms with Crippen LogP contribution in [0.1, 0.15) is 36.2 Å². The smallest absolute Gasteiger partial charge is 0.308 e. The highest BCUT2D eigenvalue weighted by Gasteiger charge is 2.19. The van der Waals surface area contributed by atoms with Crippen LogP contribution in [0.15, 0.2) is 24.3 Å². The first-order valence-electron chi connectivity index (χ1n) is 5.79. The molecule has 0 saturated heterocycles. The molecule has 0 aliphatic heterocycles. The van der Waals surface area contributed by atoms with E-state index in [4.69, 9.17) is 0 Å². The molecular formula is C14H18O3. The Kier molecular flexibility index (Phi) is 4.88. The highest BCUT2D eigenvalue weighted by atomic mass is 16.5. The number of methoxy groups -OCH3 is 1. The van der Waals surface area contributed by atoms with Crippen LogP contribution < -0.4 is 0 Å². The molecule has 0 heterocycles. The minimum absolute atomic E-state index is 0.000324. The molecule has 0 radical (unpaired) electrons.